The van der Waals surface area contributed by atoms with Gasteiger partial charge in [-0.15, -0.1) is 0 Å². The second-order valence-electron chi connectivity index (χ2n) is 7.50. The second kappa shape index (κ2) is 7.14. The summed E-state index contributed by atoms with van der Waals surface area (Å²) in [4.78, 5) is 19.1. The molecule has 2 atom stereocenters. The molecule has 1 N–H and O–H groups in total. The molecule has 23 heavy (non-hydrogen) atoms. The fraction of sp³-hybridized carbons (Fsp3) is 0.778. The van der Waals surface area contributed by atoms with Crippen molar-refractivity contribution in [3.63, 3.8) is 0 Å². The summed E-state index contributed by atoms with van der Waals surface area (Å²) in [7, 11) is 0. The van der Waals surface area contributed by atoms with Gasteiger partial charge in [-0.25, -0.2) is 4.98 Å². The molecule has 2 unspecified atom stereocenters. The van der Waals surface area contributed by atoms with Gasteiger partial charge in [-0.1, -0.05) is 13.8 Å². The van der Waals surface area contributed by atoms with Gasteiger partial charge in [0.25, 0.3) is 5.56 Å². The van der Waals surface area contributed by atoms with Crippen LogP contribution in [-0.4, -0.2) is 44.8 Å². The molecule has 128 valence electrons. The van der Waals surface area contributed by atoms with Gasteiger partial charge in [0.2, 0.25) is 0 Å². The third kappa shape index (κ3) is 3.83. The summed E-state index contributed by atoms with van der Waals surface area (Å²) in [5.41, 5.74) is 0.939. The van der Waals surface area contributed by atoms with E-state index in [0.29, 0.717) is 17.9 Å². The highest BCUT2D eigenvalue weighted by Crippen LogP contribution is 2.28. The third-order valence-corrected chi connectivity index (χ3v) is 5.51. The number of nitrogens with zero attached hydrogens (tertiary/aromatic N) is 3. The Morgan fingerprint density at radius 1 is 1.26 bits per heavy atom. The van der Waals surface area contributed by atoms with Gasteiger partial charge >= 0.3 is 0 Å². The van der Waals surface area contributed by atoms with Gasteiger partial charge in [-0.2, -0.15) is 0 Å². The van der Waals surface area contributed by atoms with Crippen molar-refractivity contribution in [1.29, 1.82) is 0 Å². The number of hydrogen-bond acceptors (Lipinski definition) is 4. The number of aliphatic hydroxyl groups excluding tert-OH is 1. The number of aromatic nitrogens is 2. The fourth-order valence-electron chi connectivity index (χ4n) is 3.98. The topological polar surface area (TPSA) is 58.4 Å². The molecule has 1 saturated carbocycles. The molecule has 1 saturated heterocycles. The molecule has 0 amide bonds. The molecule has 2 aliphatic rings. The van der Waals surface area contributed by atoms with Crippen molar-refractivity contribution in [1.82, 2.24) is 14.5 Å². The van der Waals surface area contributed by atoms with E-state index >= 15 is 0 Å². The minimum absolute atomic E-state index is 0.0670. The molecule has 1 aromatic rings. The van der Waals surface area contributed by atoms with Crippen molar-refractivity contribution in [3.8, 4) is 0 Å². The highest BCUT2D eigenvalue weighted by molar-refractivity contribution is 5.04. The molecular formula is C18H29N3O2. The van der Waals surface area contributed by atoms with Gasteiger partial charge in [-0.3, -0.25) is 14.3 Å². The van der Waals surface area contributed by atoms with Crippen molar-refractivity contribution in [2.24, 2.45) is 5.92 Å². The van der Waals surface area contributed by atoms with E-state index in [-0.39, 0.29) is 11.7 Å². The zero-order chi connectivity index (χ0) is 16.4. The Morgan fingerprint density at radius 3 is 2.57 bits per heavy atom. The molecule has 0 aromatic carbocycles. The van der Waals surface area contributed by atoms with Gasteiger partial charge in [0.15, 0.2) is 0 Å². The summed E-state index contributed by atoms with van der Waals surface area (Å²) < 4.78 is 1.76. The van der Waals surface area contributed by atoms with Crippen LogP contribution in [0.2, 0.25) is 0 Å². The maximum atomic E-state index is 12.2. The van der Waals surface area contributed by atoms with Crippen molar-refractivity contribution in [3.05, 3.63) is 28.4 Å². The summed E-state index contributed by atoms with van der Waals surface area (Å²) in [5, 5.41) is 10.1. The zero-order valence-corrected chi connectivity index (χ0v) is 14.3. The highest BCUT2D eigenvalue weighted by atomic mass is 16.3. The molecule has 0 spiro atoms. The van der Waals surface area contributed by atoms with E-state index in [2.05, 4.69) is 23.7 Å². The van der Waals surface area contributed by atoms with Gasteiger partial charge in [0, 0.05) is 18.7 Å². The third-order valence-electron chi connectivity index (χ3n) is 5.51. The molecule has 2 heterocycles. The number of rotatable bonds is 4. The molecule has 5 nitrogen and oxygen atoms in total. The molecule has 5 heteroatoms. The predicted octanol–water partition coefficient (Wildman–Crippen LogP) is 1.99. The predicted molar refractivity (Wildman–Crippen MR) is 90.5 cm³/mol. The molecule has 0 bridgehead atoms. The second-order valence-corrected chi connectivity index (χ2v) is 7.50. The first-order chi connectivity index (χ1) is 11.0. The lowest BCUT2D eigenvalue weighted by atomic mass is 9.95. The average Bonchev–Trinajstić information content (AvgIpc) is 2.96. The van der Waals surface area contributed by atoms with Crippen LogP contribution in [0, 0.1) is 5.92 Å². The molecule has 2 fully saturated rings. The zero-order valence-electron chi connectivity index (χ0n) is 14.3. The van der Waals surface area contributed by atoms with Gasteiger partial charge in [0.05, 0.1) is 18.1 Å². The molecule has 1 aliphatic heterocycles. The number of hydrogen-bond donors (Lipinski definition) is 1. The summed E-state index contributed by atoms with van der Waals surface area (Å²) >= 11 is 0. The van der Waals surface area contributed by atoms with Crippen molar-refractivity contribution in [2.75, 3.05) is 13.1 Å². The summed E-state index contributed by atoms with van der Waals surface area (Å²) in [6.45, 7) is 6.96. The van der Waals surface area contributed by atoms with E-state index in [0.717, 1.165) is 57.4 Å². The minimum Gasteiger partial charge on any atom is -0.391 e. The van der Waals surface area contributed by atoms with Crippen LogP contribution in [0.5, 0.6) is 0 Å². The van der Waals surface area contributed by atoms with Crippen LogP contribution in [0.4, 0.5) is 0 Å². The van der Waals surface area contributed by atoms with Gasteiger partial charge in [-0.05, 0) is 57.0 Å². The number of likely N-dealkylation sites (tertiary alicyclic amines) is 1. The molecule has 3 rings (SSSR count). The van der Waals surface area contributed by atoms with Crippen LogP contribution in [-0.2, 0) is 6.54 Å². The lowest BCUT2D eigenvalue weighted by molar-refractivity contribution is 0.0460. The van der Waals surface area contributed by atoms with E-state index in [1.54, 1.807) is 17.0 Å². The smallest absolute Gasteiger partial charge is 0.253 e. The Labute approximate surface area is 138 Å². The van der Waals surface area contributed by atoms with Crippen LogP contribution >= 0.6 is 0 Å². The monoisotopic (exact) mass is 319 g/mol. The Hall–Kier alpha value is -1.20. The molecular weight excluding hydrogens is 290 g/mol. The van der Waals surface area contributed by atoms with Crippen LogP contribution < -0.4 is 5.56 Å². The normalized spacial score (nSPS) is 27.0. The SMILES string of the molecule is CC(C)c1cc(=O)n(CC2CCN(C3CCCC3O)CC2)cn1. The van der Waals surface area contributed by atoms with Gasteiger partial charge < -0.3 is 5.11 Å². The molecule has 1 aliphatic carbocycles. The first kappa shape index (κ1) is 16.7. The van der Waals surface area contributed by atoms with E-state index in [4.69, 9.17) is 0 Å². The van der Waals surface area contributed by atoms with E-state index in [1.165, 1.54) is 0 Å². The summed E-state index contributed by atoms with van der Waals surface area (Å²) in [6.07, 6.45) is 7.00. The van der Waals surface area contributed by atoms with Crippen LogP contribution in [0.15, 0.2) is 17.2 Å². The van der Waals surface area contributed by atoms with E-state index in [1.807, 2.05) is 0 Å². The maximum absolute atomic E-state index is 12.2. The Morgan fingerprint density at radius 2 is 2.00 bits per heavy atom. The summed E-state index contributed by atoms with van der Waals surface area (Å²) in [5.74, 6) is 0.827. The first-order valence-electron chi connectivity index (χ1n) is 9.03. The first-order valence-corrected chi connectivity index (χ1v) is 9.03. The fourth-order valence-corrected chi connectivity index (χ4v) is 3.98. The molecule has 0 radical (unpaired) electrons. The van der Waals surface area contributed by atoms with Crippen molar-refractivity contribution >= 4 is 0 Å². The molecule has 1 aromatic heterocycles. The lowest BCUT2D eigenvalue weighted by Crippen LogP contribution is -2.45. The number of aliphatic hydroxyl groups is 1. The largest absolute Gasteiger partial charge is 0.391 e. The van der Waals surface area contributed by atoms with E-state index in [9.17, 15) is 9.90 Å². The quantitative estimate of drug-likeness (QED) is 0.922. The average molecular weight is 319 g/mol. The Kier molecular flexibility index (Phi) is 5.17. The summed E-state index contributed by atoms with van der Waals surface area (Å²) in [6, 6.07) is 2.04. The number of piperidine rings is 1. The highest BCUT2D eigenvalue weighted by Gasteiger charge is 2.32. The van der Waals surface area contributed by atoms with E-state index < -0.39 is 0 Å². The van der Waals surface area contributed by atoms with Crippen LogP contribution in [0.3, 0.4) is 0 Å². The van der Waals surface area contributed by atoms with Crippen LogP contribution in [0.25, 0.3) is 0 Å². The van der Waals surface area contributed by atoms with Crippen LogP contribution in [0.1, 0.15) is 57.6 Å². The minimum atomic E-state index is -0.137. The maximum Gasteiger partial charge on any atom is 0.253 e. The van der Waals surface area contributed by atoms with Crippen molar-refractivity contribution in [2.45, 2.75) is 70.6 Å². The Balaban J connectivity index is 1.55. The Bertz CT molecular complexity index is 576. The van der Waals surface area contributed by atoms with Gasteiger partial charge in [0.1, 0.15) is 0 Å². The lowest BCUT2D eigenvalue weighted by Gasteiger charge is -2.37. The van der Waals surface area contributed by atoms with Crippen molar-refractivity contribution < 1.29 is 5.11 Å². The standard InChI is InChI=1S/C18H29N3O2/c1-13(2)15-10-18(23)21(12-19-15)11-14-6-8-20(9-7-14)16-4-3-5-17(16)22/h10,12-14,16-17,22H,3-9,11H2,1-2H3.